The predicted octanol–water partition coefficient (Wildman–Crippen LogP) is 6.68. The second-order valence-electron chi connectivity index (χ2n) is 6.54. The molecule has 0 spiro atoms. The topological polar surface area (TPSA) is 30.2 Å². The Balaban J connectivity index is 1.97. The smallest absolute Gasteiger partial charge is 0.154 e. The first kappa shape index (κ1) is 15.6. The molecule has 0 atom stereocenters. The Morgan fingerprint density at radius 3 is 1.93 bits per heavy atom. The van der Waals surface area contributed by atoms with Gasteiger partial charge in [-0.2, -0.15) is 0 Å². The first-order valence-electron chi connectivity index (χ1n) is 8.91. The molecule has 1 aliphatic heterocycles. The average molecular weight is 348 g/mol. The molecular formula is C25H16O2. The summed E-state index contributed by atoms with van der Waals surface area (Å²) in [4.78, 5) is 12.1. The van der Waals surface area contributed by atoms with Crippen LogP contribution in [0.1, 0.15) is 10.4 Å². The Bertz CT molecular complexity index is 1220. The zero-order chi connectivity index (χ0) is 18.2. The van der Waals surface area contributed by atoms with Crippen molar-refractivity contribution in [2.75, 3.05) is 0 Å². The lowest BCUT2D eigenvalue weighted by molar-refractivity contribution is 0.112. The molecule has 0 amide bonds. The third kappa shape index (κ3) is 2.46. The molecule has 0 saturated heterocycles. The fourth-order valence-corrected chi connectivity index (χ4v) is 3.77. The largest absolute Gasteiger partial charge is 0.455 e. The van der Waals surface area contributed by atoms with Gasteiger partial charge in [0.2, 0.25) is 0 Å². The Kier molecular flexibility index (Phi) is 3.61. The summed E-state index contributed by atoms with van der Waals surface area (Å²) in [5, 5.41) is 1.02. The van der Waals surface area contributed by atoms with E-state index in [9.17, 15) is 4.79 Å². The first-order valence-corrected chi connectivity index (χ1v) is 8.91. The van der Waals surface area contributed by atoms with Gasteiger partial charge in [0.1, 0.15) is 11.3 Å². The number of para-hydroxylation sites is 1. The third-order valence-electron chi connectivity index (χ3n) is 4.95. The number of rotatable bonds is 3. The van der Waals surface area contributed by atoms with Crippen LogP contribution in [0.2, 0.25) is 0 Å². The highest BCUT2D eigenvalue weighted by Gasteiger charge is 2.27. The van der Waals surface area contributed by atoms with Crippen LogP contribution in [0.25, 0.3) is 44.5 Å². The normalized spacial score (nSPS) is 11.1. The zero-order valence-electron chi connectivity index (χ0n) is 14.6. The van der Waals surface area contributed by atoms with Crippen molar-refractivity contribution < 1.29 is 9.21 Å². The highest BCUT2D eigenvalue weighted by molar-refractivity contribution is 6.10. The fourth-order valence-electron chi connectivity index (χ4n) is 3.77. The van der Waals surface area contributed by atoms with Gasteiger partial charge in [0, 0.05) is 22.1 Å². The maximum Gasteiger partial charge on any atom is 0.154 e. The molecule has 3 aromatic rings. The van der Waals surface area contributed by atoms with Crippen LogP contribution in [0.5, 0.6) is 0 Å². The number of hydrogen-bond acceptors (Lipinski definition) is 2. The van der Waals surface area contributed by atoms with Crippen molar-refractivity contribution in [1.82, 2.24) is 0 Å². The Labute approximate surface area is 157 Å². The van der Waals surface area contributed by atoms with Gasteiger partial charge < -0.3 is 4.42 Å². The van der Waals surface area contributed by atoms with Crippen molar-refractivity contribution >= 4 is 17.3 Å². The van der Waals surface area contributed by atoms with Crippen molar-refractivity contribution in [1.29, 1.82) is 0 Å². The minimum atomic E-state index is 0.598. The molecule has 1 heterocycles. The number of fused-ring (bicyclic) bond motifs is 2. The van der Waals surface area contributed by atoms with Crippen molar-refractivity contribution in [3.8, 4) is 33.6 Å². The highest BCUT2D eigenvalue weighted by Crippen LogP contribution is 2.48. The van der Waals surface area contributed by atoms with Gasteiger partial charge in [-0.05, 0) is 23.3 Å². The zero-order valence-corrected chi connectivity index (χ0v) is 14.6. The average Bonchev–Trinajstić information content (AvgIpc) is 3.06. The summed E-state index contributed by atoms with van der Waals surface area (Å²) in [6.07, 6.45) is 0.912. The van der Waals surface area contributed by atoms with Crippen LogP contribution in [-0.4, -0.2) is 6.29 Å². The number of benzene rings is 3. The first-order chi connectivity index (χ1) is 13.4. The number of carbonyl (C=O) groups is 1. The molecule has 128 valence electrons. The molecule has 0 bridgehead atoms. The van der Waals surface area contributed by atoms with Crippen LogP contribution in [0.3, 0.4) is 0 Å². The van der Waals surface area contributed by atoms with E-state index in [2.05, 4.69) is 18.2 Å². The molecule has 3 aromatic carbocycles. The molecule has 0 saturated carbocycles. The Morgan fingerprint density at radius 1 is 0.667 bits per heavy atom. The molecule has 1 aliphatic carbocycles. The van der Waals surface area contributed by atoms with Crippen LogP contribution in [0.4, 0.5) is 0 Å². The van der Waals surface area contributed by atoms with Crippen molar-refractivity contribution in [3.05, 3.63) is 96.6 Å². The molecule has 0 radical (unpaired) electrons. The maximum atomic E-state index is 12.1. The molecule has 27 heavy (non-hydrogen) atoms. The molecule has 2 aliphatic rings. The molecule has 5 rings (SSSR count). The second kappa shape index (κ2) is 6.26. The van der Waals surface area contributed by atoms with E-state index >= 15 is 0 Å². The molecular weight excluding hydrogens is 332 g/mol. The minimum absolute atomic E-state index is 0.598. The van der Waals surface area contributed by atoms with Gasteiger partial charge in [0.25, 0.3) is 0 Å². The molecule has 2 nitrogen and oxygen atoms in total. The van der Waals surface area contributed by atoms with E-state index in [1.54, 1.807) is 0 Å². The highest BCUT2D eigenvalue weighted by atomic mass is 16.3. The van der Waals surface area contributed by atoms with Crippen LogP contribution >= 0.6 is 0 Å². The standard InChI is InChI=1S/C25H16O2/c26-16-21-24(18-11-5-2-6-12-18)23(17-9-3-1-4-10-17)20-15-19-13-7-8-14-22(19)27-25(20)21/h1-16H. The lowest BCUT2D eigenvalue weighted by Gasteiger charge is -2.08. The fraction of sp³-hybridized carbons (Fsp3) is 0. The Morgan fingerprint density at radius 2 is 1.26 bits per heavy atom. The van der Waals surface area contributed by atoms with E-state index in [0.717, 1.165) is 45.1 Å². The van der Waals surface area contributed by atoms with Gasteiger partial charge in [0.15, 0.2) is 6.29 Å². The van der Waals surface area contributed by atoms with E-state index in [4.69, 9.17) is 4.42 Å². The Hall–Kier alpha value is -3.65. The number of aldehydes is 1. The van der Waals surface area contributed by atoms with Gasteiger partial charge in [0.05, 0.1) is 5.56 Å². The molecule has 0 unspecified atom stereocenters. The van der Waals surface area contributed by atoms with Crippen LogP contribution in [0.15, 0.2) is 95.4 Å². The van der Waals surface area contributed by atoms with Crippen molar-refractivity contribution in [2.24, 2.45) is 0 Å². The predicted molar refractivity (Wildman–Crippen MR) is 109 cm³/mol. The lowest BCUT2D eigenvalue weighted by atomic mass is 9.95. The van der Waals surface area contributed by atoms with Crippen molar-refractivity contribution in [2.45, 2.75) is 0 Å². The minimum Gasteiger partial charge on any atom is -0.455 e. The summed E-state index contributed by atoms with van der Waals surface area (Å²) >= 11 is 0. The van der Waals surface area contributed by atoms with Crippen LogP contribution < -0.4 is 0 Å². The van der Waals surface area contributed by atoms with Gasteiger partial charge >= 0.3 is 0 Å². The summed E-state index contributed by atoms with van der Waals surface area (Å²) in [5.74, 6) is 0.640. The van der Waals surface area contributed by atoms with E-state index < -0.39 is 0 Å². The summed E-state index contributed by atoms with van der Waals surface area (Å²) in [5.41, 5.74) is 6.37. The second-order valence-corrected chi connectivity index (χ2v) is 6.54. The number of carbonyl (C=O) groups excluding carboxylic acids is 1. The van der Waals surface area contributed by atoms with Gasteiger partial charge in [-0.25, -0.2) is 0 Å². The van der Waals surface area contributed by atoms with Crippen molar-refractivity contribution in [3.63, 3.8) is 0 Å². The monoisotopic (exact) mass is 348 g/mol. The van der Waals surface area contributed by atoms with E-state index in [-0.39, 0.29) is 0 Å². The van der Waals surface area contributed by atoms with Gasteiger partial charge in [-0.3, -0.25) is 4.79 Å². The molecule has 0 N–H and O–H groups in total. The van der Waals surface area contributed by atoms with E-state index in [1.807, 2.05) is 72.8 Å². The van der Waals surface area contributed by atoms with Gasteiger partial charge in [-0.15, -0.1) is 0 Å². The summed E-state index contributed by atoms with van der Waals surface area (Å²) in [7, 11) is 0. The van der Waals surface area contributed by atoms with E-state index in [1.165, 1.54) is 0 Å². The van der Waals surface area contributed by atoms with Gasteiger partial charge in [-0.1, -0.05) is 78.9 Å². The summed E-state index contributed by atoms with van der Waals surface area (Å²) in [6.45, 7) is 0. The SMILES string of the molecule is O=Cc1c2oc3ccccc3cc-2c(-c2ccccc2)c1-c1ccccc1. The quantitative estimate of drug-likeness (QED) is 0.340. The van der Waals surface area contributed by atoms with E-state index in [0.29, 0.717) is 11.3 Å². The molecule has 0 aromatic heterocycles. The molecule has 0 fully saturated rings. The van der Waals surface area contributed by atoms with Crippen LogP contribution in [0, 0.1) is 0 Å². The third-order valence-corrected chi connectivity index (χ3v) is 4.95. The maximum absolute atomic E-state index is 12.1. The van der Waals surface area contributed by atoms with Crippen LogP contribution in [-0.2, 0) is 0 Å². The molecule has 2 heteroatoms. The number of hydrogen-bond donors (Lipinski definition) is 0. The summed E-state index contributed by atoms with van der Waals surface area (Å²) < 4.78 is 6.20. The lowest BCUT2D eigenvalue weighted by Crippen LogP contribution is -1.85. The summed E-state index contributed by atoms with van der Waals surface area (Å²) in [6, 6.07) is 30.2.